The van der Waals surface area contributed by atoms with Crippen LogP contribution in [-0.4, -0.2) is 22.9 Å². The van der Waals surface area contributed by atoms with E-state index in [-0.39, 0.29) is 18.1 Å². The molecule has 3 rings (SSSR count). The smallest absolute Gasteiger partial charge is 0.241 e. The molecule has 3 unspecified atom stereocenters. The van der Waals surface area contributed by atoms with Crippen molar-refractivity contribution < 1.29 is 4.79 Å². The summed E-state index contributed by atoms with van der Waals surface area (Å²) in [6.07, 6.45) is 3.55. The largest absolute Gasteiger partial charge is 0.318 e. The molecule has 2 fully saturated rings. The first-order valence-corrected chi connectivity index (χ1v) is 7.97. The third-order valence-electron chi connectivity index (χ3n) is 4.46. The first kappa shape index (κ1) is 13.1. The molecule has 1 amide bonds. The lowest BCUT2D eigenvalue weighted by Crippen LogP contribution is -2.38. The highest BCUT2D eigenvalue weighted by atomic mass is 32.1. The van der Waals surface area contributed by atoms with E-state index in [1.807, 2.05) is 6.92 Å². The van der Waals surface area contributed by atoms with Gasteiger partial charge in [0.15, 0.2) is 0 Å². The molecule has 1 aliphatic carbocycles. The van der Waals surface area contributed by atoms with Crippen LogP contribution in [0.1, 0.15) is 51.1 Å². The summed E-state index contributed by atoms with van der Waals surface area (Å²) in [6, 6.07) is 4.52. The van der Waals surface area contributed by atoms with Gasteiger partial charge in [0.2, 0.25) is 5.91 Å². The number of nitrogens with one attached hydrogen (secondary N) is 1. The van der Waals surface area contributed by atoms with Crippen molar-refractivity contribution in [2.75, 3.05) is 0 Å². The molecule has 0 bridgehead atoms. The van der Waals surface area contributed by atoms with Crippen LogP contribution in [0.5, 0.6) is 0 Å². The van der Waals surface area contributed by atoms with Crippen LogP contribution in [0, 0.1) is 5.41 Å². The third kappa shape index (κ3) is 2.32. The second-order valence-electron chi connectivity index (χ2n) is 6.61. The summed E-state index contributed by atoms with van der Waals surface area (Å²) in [5.41, 5.74) is 0.372. The summed E-state index contributed by atoms with van der Waals surface area (Å²) < 4.78 is 0. The average Bonchev–Trinajstić information content (AvgIpc) is 3.01. The Labute approximate surface area is 119 Å². The minimum atomic E-state index is -0.0594. The fourth-order valence-electron chi connectivity index (χ4n) is 3.43. The SMILES string of the molecule is CC1NC(c2cccs2)N(C2CCC(C)(C)C2)C1=O. The Bertz CT molecular complexity index is 468. The van der Waals surface area contributed by atoms with Crippen molar-refractivity contribution in [3.05, 3.63) is 22.4 Å². The lowest BCUT2D eigenvalue weighted by atomic mass is 9.91. The molecule has 0 aromatic carbocycles. The van der Waals surface area contributed by atoms with Crippen LogP contribution in [0.15, 0.2) is 17.5 Å². The zero-order chi connectivity index (χ0) is 13.6. The van der Waals surface area contributed by atoms with Gasteiger partial charge in [-0.25, -0.2) is 0 Å². The van der Waals surface area contributed by atoms with Crippen LogP contribution in [0.3, 0.4) is 0 Å². The number of carbonyl (C=O) groups is 1. The second kappa shape index (κ2) is 4.60. The van der Waals surface area contributed by atoms with Gasteiger partial charge in [0.1, 0.15) is 6.17 Å². The fourth-order valence-corrected chi connectivity index (χ4v) is 4.21. The summed E-state index contributed by atoms with van der Waals surface area (Å²) in [7, 11) is 0. The van der Waals surface area contributed by atoms with Crippen LogP contribution < -0.4 is 5.32 Å². The monoisotopic (exact) mass is 278 g/mol. The summed E-state index contributed by atoms with van der Waals surface area (Å²) in [4.78, 5) is 15.8. The van der Waals surface area contributed by atoms with E-state index in [9.17, 15) is 4.79 Å². The first-order chi connectivity index (χ1) is 8.98. The van der Waals surface area contributed by atoms with E-state index in [0.717, 1.165) is 12.8 Å². The molecule has 3 atom stereocenters. The van der Waals surface area contributed by atoms with Crippen LogP contribution in [0.2, 0.25) is 0 Å². The highest BCUT2D eigenvalue weighted by molar-refractivity contribution is 7.10. The zero-order valence-electron chi connectivity index (χ0n) is 11.8. The van der Waals surface area contributed by atoms with E-state index in [2.05, 4.69) is 41.6 Å². The Balaban J connectivity index is 1.86. The van der Waals surface area contributed by atoms with Crippen molar-refractivity contribution in [2.24, 2.45) is 5.41 Å². The molecule has 3 nitrogen and oxygen atoms in total. The van der Waals surface area contributed by atoms with Gasteiger partial charge in [-0.3, -0.25) is 10.1 Å². The molecule has 1 aromatic rings. The maximum Gasteiger partial charge on any atom is 0.241 e. The van der Waals surface area contributed by atoms with Crippen molar-refractivity contribution in [1.29, 1.82) is 0 Å². The molecular formula is C15H22N2OS. The van der Waals surface area contributed by atoms with Crippen LogP contribution >= 0.6 is 11.3 Å². The van der Waals surface area contributed by atoms with Gasteiger partial charge in [0.25, 0.3) is 0 Å². The molecule has 1 aliphatic heterocycles. The highest BCUT2D eigenvalue weighted by Gasteiger charge is 2.45. The molecular weight excluding hydrogens is 256 g/mol. The minimum Gasteiger partial charge on any atom is -0.318 e. The average molecular weight is 278 g/mol. The number of carbonyl (C=O) groups excluding carboxylic acids is 1. The zero-order valence-corrected chi connectivity index (χ0v) is 12.7. The van der Waals surface area contributed by atoms with E-state index < -0.39 is 0 Å². The second-order valence-corrected chi connectivity index (χ2v) is 7.59. The molecule has 0 spiro atoms. The van der Waals surface area contributed by atoms with Crippen molar-refractivity contribution in [2.45, 2.75) is 58.3 Å². The lowest BCUT2D eigenvalue weighted by Gasteiger charge is -2.30. The van der Waals surface area contributed by atoms with Crippen molar-refractivity contribution in [1.82, 2.24) is 10.2 Å². The predicted octanol–water partition coefficient (Wildman–Crippen LogP) is 3.15. The van der Waals surface area contributed by atoms with E-state index >= 15 is 0 Å². The Morgan fingerprint density at radius 1 is 1.47 bits per heavy atom. The fraction of sp³-hybridized carbons (Fsp3) is 0.667. The molecule has 2 aliphatic rings. The van der Waals surface area contributed by atoms with E-state index in [1.165, 1.54) is 11.3 Å². The molecule has 104 valence electrons. The van der Waals surface area contributed by atoms with E-state index in [0.29, 0.717) is 11.5 Å². The molecule has 1 N–H and O–H groups in total. The van der Waals surface area contributed by atoms with Gasteiger partial charge >= 0.3 is 0 Å². The van der Waals surface area contributed by atoms with Crippen molar-refractivity contribution in [3.63, 3.8) is 0 Å². The van der Waals surface area contributed by atoms with Crippen molar-refractivity contribution in [3.8, 4) is 0 Å². The molecule has 1 saturated heterocycles. The Kier molecular flexibility index (Phi) is 3.18. The number of hydrogen-bond acceptors (Lipinski definition) is 3. The number of amides is 1. The summed E-state index contributed by atoms with van der Waals surface area (Å²) in [5, 5.41) is 5.53. The third-order valence-corrected chi connectivity index (χ3v) is 5.38. The topological polar surface area (TPSA) is 32.3 Å². The normalized spacial score (nSPS) is 34.2. The van der Waals surface area contributed by atoms with Gasteiger partial charge in [-0.05, 0) is 43.0 Å². The predicted molar refractivity (Wildman–Crippen MR) is 77.9 cm³/mol. The van der Waals surface area contributed by atoms with Gasteiger partial charge in [0.05, 0.1) is 6.04 Å². The maximum atomic E-state index is 12.5. The highest BCUT2D eigenvalue weighted by Crippen LogP contribution is 2.43. The van der Waals surface area contributed by atoms with E-state index in [4.69, 9.17) is 0 Å². The van der Waals surface area contributed by atoms with Gasteiger partial charge in [-0.2, -0.15) is 0 Å². The molecule has 0 radical (unpaired) electrons. The number of nitrogens with zero attached hydrogens (tertiary/aromatic N) is 1. The Morgan fingerprint density at radius 2 is 2.26 bits per heavy atom. The van der Waals surface area contributed by atoms with Gasteiger partial charge in [-0.15, -0.1) is 11.3 Å². The first-order valence-electron chi connectivity index (χ1n) is 7.09. The molecule has 2 heterocycles. The Morgan fingerprint density at radius 3 is 2.84 bits per heavy atom. The minimum absolute atomic E-state index is 0.0594. The van der Waals surface area contributed by atoms with Gasteiger partial charge in [0, 0.05) is 10.9 Å². The van der Waals surface area contributed by atoms with Crippen LogP contribution in [0.4, 0.5) is 0 Å². The quantitative estimate of drug-likeness (QED) is 0.901. The van der Waals surface area contributed by atoms with E-state index in [1.54, 1.807) is 11.3 Å². The number of hydrogen-bond donors (Lipinski definition) is 1. The summed E-state index contributed by atoms with van der Waals surface area (Å²) >= 11 is 1.73. The summed E-state index contributed by atoms with van der Waals surface area (Å²) in [6.45, 7) is 6.60. The number of thiophene rings is 1. The van der Waals surface area contributed by atoms with Crippen LogP contribution in [-0.2, 0) is 4.79 Å². The van der Waals surface area contributed by atoms with Crippen molar-refractivity contribution >= 4 is 17.2 Å². The van der Waals surface area contributed by atoms with Crippen LogP contribution in [0.25, 0.3) is 0 Å². The standard InChI is InChI=1S/C15H22N2OS/c1-10-14(18)17(11-6-7-15(2,3)9-11)13(16-10)12-5-4-8-19-12/h4-5,8,10-11,13,16H,6-7,9H2,1-3H3. The Hall–Kier alpha value is -0.870. The lowest BCUT2D eigenvalue weighted by molar-refractivity contribution is -0.132. The summed E-state index contributed by atoms with van der Waals surface area (Å²) in [5.74, 6) is 0.265. The molecule has 1 aromatic heterocycles. The maximum absolute atomic E-state index is 12.5. The number of rotatable bonds is 2. The molecule has 4 heteroatoms. The molecule has 1 saturated carbocycles. The van der Waals surface area contributed by atoms with Gasteiger partial charge in [-0.1, -0.05) is 19.9 Å². The molecule has 19 heavy (non-hydrogen) atoms. The van der Waals surface area contributed by atoms with Gasteiger partial charge < -0.3 is 4.90 Å².